The van der Waals surface area contributed by atoms with Gasteiger partial charge in [0.1, 0.15) is 0 Å². The number of aromatic amines is 1. The molecule has 0 fully saturated rings. The molecule has 1 aromatic heterocycles. The van der Waals surface area contributed by atoms with Gasteiger partial charge in [-0.2, -0.15) is 0 Å². The van der Waals surface area contributed by atoms with E-state index in [9.17, 15) is 9.90 Å². The van der Waals surface area contributed by atoms with Crippen LogP contribution in [0.5, 0.6) is 0 Å². The van der Waals surface area contributed by atoms with Crippen molar-refractivity contribution in [3.8, 4) is 0 Å². The lowest BCUT2D eigenvalue weighted by molar-refractivity contribution is -0.131. The first kappa shape index (κ1) is 29.2. The molecule has 40 heavy (non-hydrogen) atoms. The number of aromatic nitrogens is 1. The molecule has 7 nitrogen and oxygen atoms in total. The number of nitrogens with two attached hydrogens (primary N) is 2. The summed E-state index contributed by atoms with van der Waals surface area (Å²) in [4.78, 5) is 19.1. The Labute approximate surface area is 238 Å². The van der Waals surface area contributed by atoms with Gasteiger partial charge in [-0.3, -0.25) is 0 Å². The highest BCUT2D eigenvalue weighted by Gasteiger charge is 2.31. The van der Waals surface area contributed by atoms with Crippen LogP contribution in [0.4, 0.5) is 5.82 Å². The average Bonchev–Trinajstić information content (AvgIpc) is 3.45. The van der Waals surface area contributed by atoms with E-state index in [1.165, 1.54) is 66.5 Å². The molecule has 0 bridgehead atoms. The van der Waals surface area contributed by atoms with Crippen molar-refractivity contribution in [3.05, 3.63) is 82.8 Å². The SMILES string of the molecule is CCCCCCCC[C@H]1c2cc3ccccc3cc2CC[C@@H]1C[C@@H]([N-]c1ccc[nH]1)/C(=C/C(=O)O)CN=C(N)N. The molecule has 1 heterocycles. The van der Waals surface area contributed by atoms with E-state index in [1.54, 1.807) is 0 Å². The van der Waals surface area contributed by atoms with Gasteiger partial charge in [0.05, 0.1) is 6.54 Å². The maximum absolute atomic E-state index is 11.8. The molecule has 7 heteroatoms. The first-order chi connectivity index (χ1) is 19.4. The smallest absolute Gasteiger partial charge is 0.328 e. The number of carboxylic acid groups (broad SMARTS) is 1. The average molecular weight is 543 g/mol. The van der Waals surface area contributed by atoms with Gasteiger partial charge in [0, 0.05) is 6.08 Å². The molecule has 0 radical (unpaired) electrons. The van der Waals surface area contributed by atoms with Crippen molar-refractivity contribution in [2.75, 3.05) is 6.54 Å². The molecule has 3 atom stereocenters. The van der Waals surface area contributed by atoms with Crippen molar-refractivity contribution in [1.82, 2.24) is 4.98 Å². The minimum absolute atomic E-state index is 0.0608. The molecule has 0 saturated heterocycles. The molecule has 0 spiro atoms. The van der Waals surface area contributed by atoms with Gasteiger partial charge in [0.15, 0.2) is 5.96 Å². The van der Waals surface area contributed by atoms with Crippen LogP contribution in [0.15, 0.2) is 71.4 Å². The van der Waals surface area contributed by atoms with E-state index in [2.05, 4.69) is 53.3 Å². The fourth-order valence-corrected chi connectivity index (χ4v) is 6.21. The first-order valence-corrected chi connectivity index (χ1v) is 14.8. The molecule has 1 aliphatic rings. The second kappa shape index (κ2) is 14.6. The number of aryl methyl sites for hydroxylation is 1. The van der Waals surface area contributed by atoms with E-state index in [0.717, 1.165) is 31.5 Å². The number of nitrogens with zero attached hydrogens (tertiary/aromatic N) is 2. The van der Waals surface area contributed by atoms with Crippen molar-refractivity contribution >= 4 is 28.5 Å². The summed E-state index contributed by atoms with van der Waals surface area (Å²) in [6.07, 6.45) is 14.6. The van der Waals surface area contributed by atoms with Crippen molar-refractivity contribution in [2.24, 2.45) is 22.4 Å². The predicted octanol–water partition coefficient (Wildman–Crippen LogP) is 7.31. The third-order valence-electron chi connectivity index (χ3n) is 8.21. The number of aliphatic imine (C=N–C) groups is 1. The molecule has 214 valence electrons. The molecule has 2 aromatic carbocycles. The molecular weight excluding hydrogens is 498 g/mol. The first-order valence-electron chi connectivity index (χ1n) is 14.8. The summed E-state index contributed by atoms with van der Waals surface area (Å²) in [6, 6.07) is 16.8. The molecule has 1 aliphatic carbocycles. The largest absolute Gasteiger partial charge is 0.478 e. The van der Waals surface area contributed by atoms with Gasteiger partial charge < -0.3 is 26.9 Å². The Hall–Kier alpha value is -3.74. The van der Waals surface area contributed by atoms with Crippen LogP contribution >= 0.6 is 0 Å². The lowest BCUT2D eigenvalue weighted by atomic mass is 9.69. The normalized spacial score (nSPS) is 17.8. The van der Waals surface area contributed by atoms with Crippen molar-refractivity contribution in [1.29, 1.82) is 0 Å². The summed E-state index contributed by atoms with van der Waals surface area (Å²) in [6.45, 7) is 2.36. The monoisotopic (exact) mass is 542 g/mol. The second-order valence-corrected chi connectivity index (χ2v) is 11.1. The molecule has 0 unspecified atom stereocenters. The number of carbonyl (C=O) groups is 1. The highest BCUT2D eigenvalue weighted by molar-refractivity contribution is 5.84. The summed E-state index contributed by atoms with van der Waals surface area (Å²) in [5.74, 6) is 0.408. The number of fused-ring (bicyclic) bond motifs is 2. The van der Waals surface area contributed by atoms with E-state index in [-0.39, 0.29) is 18.5 Å². The number of hydrogen-bond donors (Lipinski definition) is 4. The van der Waals surface area contributed by atoms with Gasteiger partial charge in [-0.05, 0) is 71.0 Å². The summed E-state index contributed by atoms with van der Waals surface area (Å²) in [7, 11) is 0. The second-order valence-electron chi connectivity index (χ2n) is 11.1. The summed E-state index contributed by atoms with van der Waals surface area (Å²) in [5.41, 5.74) is 14.8. The molecule has 4 rings (SSSR count). The molecular formula is C33H44N5O2-. The Bertz CT molecular complexity index is 1290. The van der Waals surface area contributed by atoms with Gasteiger partial charge in [0.25, 0.3) is 0 Å². The van der Waals surface area contributed by atoms with Crippen LogP contribution in [-0.2, 0) is 11.2 Å². The quantitative estimate of drug-likeness (QED) is 0.0693. The number of guanidine groups is 1. The van der Waals surface area contributed by atoms with Crippen LogP contribution in [0.3, 0.4) is 0 Å². The zero-order valence-corrected chi connectivity index (χ0v) is 23.7. The minimum atomic E-state index is -1.02. The number of hydrogen-bond acceptors (Lipinski definition) is 2. The number of H-pyrrole nitrogens is 1. The van der Waals surface area contributed by atoms with Gasteiger partial charge in [-0.15, -0.1) is 0 Å². The third kappa shape index (κ3) is 8.13. The van der Waals surface area contributed by atoms with Crippen molar-refractivity contribution < 1.29 is 9.90 Å². The number of nitrogens with one attached hydrogen (secondary N) is 1. The maximum atomic E-state index is 11.8. The predicted molar refractivity (Wildman–Crippen MR) is 165 cm³/mol. The maximum Gasteiger partial charge on any atom is 0.328 e. The fourth-order valence-electron chi connectivity index (χ4n) is 6.21. The van der Waals surface area contributed by atoms with E-state index in [4.69, 9.17) is 16.8 Å². The van der Waals surface area contributed by atoms with Crippen LogP contribution in [0, 0.1) is 5.92 Å². The van der Waals surface area contributed by atoms with E-state index in [0.29, 0.717) is 17.4 Å². The van der Waals surface area contributed by atoms with Gasteiger partial charge in [-0.1, -0.05) is 106 Å². The number of carboxylic acids is 1. The van der Waals surface area contributed by atoms with Gasteiger partial charge in [-0.25, -0.2) is 9.79 Å². The fraction of sp³-hybridized carbons (Fsp3) is 0.455. The topological polar surface area (TPSA) is 132 Å². The Balaban J connectivity index is 1.64. The van der Waals surface area contributed by atoms with Crippen LogP contribution in [-0.4, -0.2) is 34.6 Å². The third-order valence-corrected chi connectivity index (χ3v) is 8.21. The Morgan fingerprint density at radius 3 is 2.55 bits per heavy atom. The Morgan fingerprint density at radius 2 is 1.85 bits per heavy atom. The van der Waals surface area contributed by atoms with Crippen LogP contribution in [0.25, 0.3) is 16.1 Å². The van der Waals surface area contributed by atoms with Crippen LogP contribution < -0.4 is 11.5 Å². The minimum Gasteiger partial charge on any atom is -0.478 e. The summed E-state index contributed by atoms with van der Waals surface area (Å²) in [5, 5.41) is 17.2. The summed E-state index contributed by atoms with van der Waals surface area (Å²) < 4.78 is 0. The highest BCUT2D eigenvalue weighted by Crippen LogP contribution is 2.45. The van der Waals surface area contributed by atoms with Gasteiger partial charge >= 0.3 is 5.97 Å². The van der Waals surface area contributed by atoms with E-state index < -0.39 is 5.97 Å². The molecule has 6 N–H and O–H groups in total. The molecule has 0 aliphatic heterocycles. The Morgan fingerprint density at radius 1 is 1.10 bits per heavy atom. The zero-order chi connectivity index (χ0) is 28.3. The standard InChI is InChI=1S/C33H44N5O2/c1-2-3-4-5-6-7-13-28-26(16-15-25-18-23-11-8-9-12-24(23)19-29(25)28)20-30(38-31-14-10-17-36-31)27(21-32(39)40)22-37-33(34)35/h8-12,14,17-19,21,26,28,30,36H,2-7,13,15-16,20,22H2,1H3,(H,39,40)(H4,34,35,37)/q-1/b27-21+/t26-,28-,30-/m1/s1. The van der Waals surface area contributed by atoms with E-state index >= 15 is 0 Å². The van der Waals surface area contributed by atoms with Gasteiger partial charge in [0.2, 0.25) is 0 Å². The Kier molecular flexibility index (Phi) is 10.7. The number of aliphatic carboxylic acids is 1. The van der Waals surface area contributed by atoms with Crippen LogP contribution in [0.2, 0.25) is 0 Å². The van der Waals surface area contributed by atoms with Crippen molar-refractivity contribution in [3.63, 3.8) is 0 Å². The number of rotatable bonds is 15. The lowest BCUT2D eigenvalue weighted by Crippen LogP contribution is -2.28. The molecule has 0 amide bonds. The molecule has 3 aromatic rings. The van der Waals surface area contributed by atoms with Crippen molar-refractivity contribution in [2.45, 2.75) is 83.1 Å². The van der Waals surface area contributed by atoms with Crippen LogP contribution in [0.1, 0.15) is 81.8 Å². The molecule has 0 saturated carbocycles. The number of benzene rings is 2. The van der Waals surface area contributed by atoms with E-state index in [1.807, 2.05) is 18.3 Å². The zero-order valence-electron chi connectivity index (χ0n) is 23.7. The lowest BCUT2D eigenvalue weighted by Gasteiger charge is -2.38. The summed E-state index contributed by atoms with van der Waals surface area (Å²) >= 11 is 0. The number of unbranched alkanes of at least 4 members (excludes halogenated alkanes) is 5. The highest BCUT2D eigenvalue weighted by atomic mass is 16.4.